The van der Waals surface area contributed by atoms with Crippen LogP contribution in [0.5, 0.6) is 0 Å². The number of anilines is 1. The molecule has 3 fully saturated rings. The predicted octanol–water partition coefficient (Wildman–Crippen LogP) is 2.91. The summed E-state index contributed by atoms with van der Waals surface area (Å²) in [5.74, 6) is 3.87. The van der Waals surface area contributed by atoms with Gasteiger partial charge >= 0.3 is 0 Å². The second kappa shape index (κ2) is 4.75. The third-order valence-electron chi connectivity index (χ3n) is 6.13. The molecule has 1 aromatic rings. The van der Waals surface area contributed by atoms with E-state index in [1.165, 1.54) is 19.3 Å². The first-order valence-electron chi connectivity index (χ1n) is 8.33. The zero-order chi connectivity index (χ0) is 14.6. The van der Waals surface area contributed by atoms with Crippen molar-refractivity contribution in [3.8, 4) is 0 Å². The Kier molecular flexibility index (Phi) is 2.98. The van der Waals surface area contributed by atoms with Crippen LogP contribution < -0.4 is 5.73 Å². The van der Waals surface area contributed by atoms with Crippen molar-refractivity contribution in [3.05, 3.63) is 29.8 Å². The number of hydrogen-bond donors (Lipinski definition) is 1. The van der Waals surface area contributed by atoms with Crippen LogP contribution in [-0.2, 0) is 11.3 Å². The largest absolute Gasteiger partial charge is 0.398 e. The fraction of sp³-hybridized carbons (Fsp3) is 0.611. The molecule has 2 bridgehead atoms. The number of benzene rings is 1. The molecule has 4 atom stereocenters. The molecule has 4 rings (SSSR count). The van der Waals surface area contributed by atoms with E-state index >= 15 is 0 Å². The number of nitrogens with two attached hydrogens (primary N) is 1. The number of nitrogens with zero attached hydrogens (tertiary/aromatic N) is 1. The van der Waals surface area contributed by atoms with E-state index < -0.39 is 0 Å². The molecule has 1 aromatic carbocycles. The van der Waals surface area contributed by atoms with Crippen molar-refractivity contribution in [3.63, 3.8) is 0 Å². The van der Waals surface area contributed by atoms with Gasteiger partial charge in [-0.2, -0.15) is 0 Å². The van der Waals surface area contributed by atoms with Crippen LogP contribution in [0, 0.1) is 29.6 Å². The molecule has 2 N–H and O–H groups in total. The maximum atomic E-state index is 12.9. The SMILES string of the molecule is CCN(Cc1ccccc1N)C(=O)C1C2C3CCC(C3)C12. The summed E-state index contributed by atoms with van der Waals surface area (Å²) in [5, 5.41) is 0. The normalized spacial score (nSPS) is 35.6. The summed E-state index contributed by atoms with van der Waals surface area (Å²) in [5.41, 5.74) is 7.89. The summed E-state index contributed by atoms with van der Waals surface area (Å²) >= 11 is 0. The van der Waals surface area contributed by atoms with E-state index in [2.05, 4.69) is 6.92 Å². The monoisotopic (exact) mass is 284 g/mol. The number of nitrogen functional groups attached to an aromatic ring is 1. The van der Waals surface area contributed by atoms with E-state index in [1.807, 2.05) is 29.2 Å². The number of hydrogen-bond acceptors (Lipinski definition) is 2. The topological polar surface area (TPSA) is 46.3 Å². The fourth-order valence-corrected chi connectivity index (χ4v) is 5.10. The van der Waals surface area contributed by atoms with E-state index in [1.54, 1.807) is 0 Å². The van der Waals surface area contributed by atoms with Crippen molar-refractivity contribution >= 4 is 11.6 Å². The summed E-state index contributed by atoms with van der Waals surface area (Å²) in [7, 11) is 0. The Morgan fingerprint density at radius 1 is 1.24 bits per heavy atom. The molecule has 3 nitrogen and oxygen atoms in total. The van der Waals surface area contributed by atoms with E-state index in [4.69, 9.17) is 5.73 Å². The highest BCUT2D eigenvalue weighted by molar-refractivity contribution is 5.83. The average Bonchev–Trinajstić information content (AvgIpc) is 2.93. The van der Waals surface area contributed by atoms with Crippen LogP contribution in [0.2, 0.25) is 0 Å². The molecular formula is C18H24N2O. The molecule has 112 valence electrons. The zero-order valence-electron chi connectivity index (χ0n) is 12.7. The number of para-hydroxylation sites is 1. The summed E-state index contributed by atoms with van der Waals surface area (Å²) in [6, 6.07) is 7.89. The molecule has 21 heavy (non-hydrogen) atoms. The number of fused-ring (bicyclic) bond motifs is 5. The van der Waals surface area contributed by atoms with Gasteiger partial charge in [0, 0.05) is 24.7 Å². The van der Waals surface area contributed by atoms with Gasteiger partial charge in [-0.1, -0.05) is 18.2 Å². The van der Waals surface area contributed by atoms with Crippen LogP contribution in [0.3, 0.4) is 0 Å². The molecule has 4 unspecified atom stereocenters. The Morgan fingerprint density at radius 3 is 2.52 bits per heavy atom. The van der Waals surface area contributed by atoms with E-state index in [-0.39, 0.29) is 0 Å². The molecule has 0 spiro atoms. The first-order chi connectivity index (χ1) is 10.2. The van der Waals surface area contributed by atoms with E-state index in [0.29, 0.717) is 18.4 Å². The molecule has 0 aromatic heterocycles. The Hall–Kier alpha value is -1.51. The van der Waals surface area contributed by atoms with Crippen LogP contribution in [0.15, 0.2) is 24.3 Å². The first-order valence-corrected chi connectivity index (χ1v) is 8.33. The van der Waals surface area contributed by atoms with Crippen molar-refractivity contribution in [2.75, 3.05) is 12.3 Å². The van der Waals surface area contributed by atoms with Crippen LogP contribution in [0.25, 0.3) is 0 Å². The highest BCUT2D eigenvalue weighted by Crippen LogP contribution is 2.69. The highest BCUT2D eigenvalue weighted by atomic mass is 16.2. The molecule has 0 heterocycles. The third kappa shape index (κ3) is 1.97. The number of rotatable bonds is 4. The Bertz CT molecular complexity index is 554. The quantitative estimate of drug-likeness (QED) is 0.864. The van der Waals surface area contributed by atoms with Crippen LogP contribution >= 0.6 is 0 Å². The Morgan fingerprint density at radius 2 is 1.90 bits per heavy atom. The lowest BCUT2D eigenvalue weighted by atomic mass is 10.0. The molecule has 1 amide bonds. The van der Waals surface area contributed by atoms with Crippen molar-refractivity contribution in [1.29, 1.82) is 0 Å². The summed E-state index contributed by atoms with van der Waals surface area (Å²) in [6.07, 6.45) is 4.14. The summed E-state index contributed by atoms with van der Waals surface area (Å²) in [4.78, 5) is 14.9. The maximum absolute atomic E-state index is 12.9. The Balaban J connectivity index is 1.47. The Labute approximate surface area is 126 Å². The second-order valence-corrected chi connectivity index (χ2v) is 7.06. The average molecular weight is 284 g/mol. The fourth-order valence-electron chi connectivity index (χ4n) is 5.10. The van der Waals surface area contributed by atoms with E-state index in [0.717, 1.165) is 41.5 Å². The van der Waals surface area contributed by atoms with Gasteiger partial charge in [0.2, 0.25) is 5.91 Å². The van der Waals surface area contributed by atoms with Crippen molar-refractivity contribution in [2.24, 2.45) is 29.6 Å². The second-order valence-electron chi connectivity index (χ2n) is 7.06. The van der Waals surface area contributed by atoms with Gasteiger partial charge in [0.1, 0.15) is 0 Å². The summed E-state index contributed by atoms with van der Waals surface area (Å²) < 4.78 is 0. The van der Waals surface area contributed by atoms with Gasteiger partial charge in [0.15, 0.2) is 0 Å². The van der Waals surface area contributed by atoms with Crippen molar-refractivity contribution in [1.82, 2.24) is 4.90 Å². The van der Waals surface area contributed by atoms with E-state index in [9.17, 15) is 4.79 Å². The van der Waals surface area contributed by atoms with Gasteiger partial charge in [-0.05, 0) is 61.5 Å². The van der Waals surface area contributed by atoms with Gasteiger partial charge < -0.3 is 10.6 Å². The minimum Gasteiger partial charge on any atom is -0.398 e. The van der Waals surface area contributed by atoms with Gasteiger partial charge in [-0.3, -0.25) is 4.79 Å². The van der Waals surface area contributed by atoms with Crippen molar-refractivity contribution < 1.29 is 4.79 Å². The van der Waals surface area contributed by atoms with Gasteiger partial charge in [-0.15, -0.1) is 0 Å². The van der Waals surface area contributed by atoms with Crippen LogP contribution in [0.4, 0.5) is 5.69 Å². The molecule has 3 heteroatoms. The summed E-state index contributed by atoms with van der Waals surface area (Å²) in [6.45, 7) is 3.51. The van der Waals surface area contributed by atoms with Gasteiger partial charge in [0.25, 0.3) is 0 Å². The lowest BCUT2D eigenvalue weighted by Gasteiger charge is -2.23. The highest BCUT2D eigenvalue weighted by Gasteiger charge is 2.67. The molecule has 3 aliphatic rings. The van der Waals surface area contributed by atoms with Crippen LogP contribution in [0.1, 0.15) is 31.7 Å². The van der Waals surface area contributed by atoms with Gasteiger partial charge in [0.05, 0.1) is 0 Å². The number of carbonyl (C=O) groups excluding carboxylic acids is 1. The minimum absolute atomic E-state index is 0.334. The zero-order valence-corrected chi connectivity index (χ0v) is 12.7. The first kappa shape index (κ1) is 13.2. The number of amides is 1. The smallest absolute Gasteiger partial charge is 0.226 e. The lowest BCUT2D eigenvalue weighted by molar-refractivity contribution is -0.134. The molecule has 3 aliphatic carbocycles. The lowest BCUT2D eigenvalue weighted by Crippen LogP contribution is -2.33. The molecule has 0 radical (unpaired) electrons. The van der Waals surface area contributed by atoms with Gasteiger partial charge in [-0.25, -0.2) is 0 Å². The number of carbonyl (C=O) groups is 1. The third-order valence-corrected chi connectivity index (χ3v) is 6.13. The molecule has 0 aliphatic heterocycles. The van der Waals surface area contributed by atoms with Crippen LogP contribution in [-0.4, -0.2) is 17.4 Å². The molecule has 3 saturated carbocycles. The predicted molar refractivity (Wildman–Crippen MR) is 83.2 cm³/mol. The molecule has 0 saturated heterocycles. The maximum Gasteiger partial charge on any atom is 0.226 e. The molecular weight excluding hydrogens is 260 g/mol. The van der Waals surface area contributed by atoms with Crippen molar-refractivity contribution in [2.45, 2.75) is 32.7 Å². The standard InChI is InChI=1S/C18H24N2O/c1-2-20(10-13-5-3-4-6-14(13)19)18(21)17-15-11-7-8-12(9-11)16(15)17/h3-6,11-12,15-17H,2,7-10,19H2,1H3. The minimum atomic E-state index is 0.334.